The van der Waals surface area contributed by atoms with E-state index in [1.54, 1.807) is 4.90 Å². The summed E-state index contributed by atoms with van der Waals surface area (Å²) in [6.07, 6.45) is 0.749. The van der Waals surface area contributed by atoms with Crippen LogP contribution >= 0.6 is 0 Å². The zero-order chi connectivity index (χ0) is 20.1. The first-order valence-corrected chi connectivity index (χ1v) is 8.62. The highest BCUT2D eigenvalue weighted by atomic mass is 19.3. The summed E-state index contributed by atoms with van der Waals surface area (Å²) in [5.41, 5.74) is 2.35. The number of alkyl halides is 2. The monoisotopic (exact) mass is 391 g/mol. The van der Waals surface area contributed by atoms with Gasteiger partial charge in [-0.05, 0) is 35.7 Å². The van der Waals surface area contributed by atoms with Crippen LogP contribution in [0.3, 0.4) is 0 Å². The molecule has 0 atom stereocenters. The first-order chi connectivity index (χ1) is 13.5. The van der Waals surface area contributed by atoms with E-state index < -0.39 is 19.2 Å². The van der Waals surface area contributed by atoms with Gasteiger partial charge in [-0.2, -0.15) is 8.78 Å². The van der Waals surface area contributed by atoms with Crippen molar-refractivity contribution in [2.75, 3.05) is 20.3 Å². The molecule has 0 radical (unpaired) electrons. The van der Waals surface area contributed by atoms with Gasteiger partial charge in [-0.25, -0.2) is 4.79 Å². The third-order valence-electron chi connectivity index (χ3n) is 4.43. The van der Waals surface area contributed by atoms with Crippen molar-refractivity contribution in [3.63, 3.8) is 0 Å². The van der Waals surface area contributed by atoms with Gasteiger partial charge in [-0.15, -0.1) is 0 Å². The van der Waals surface area contributed by atoms with Crippen LogP contribution in [0.2, 0.25) is 0 Å². The molecule has 2 aromatic rings. The normalized spacial score (nSPS) is 13.1. The molecule has 0 spiro atoms. The van der Waals surface area contributed by atoms with Crippen molar-refractivity contribution in [1.29, 1.82) is 0 Å². The van der Waals surface area contributed by atoms with Crippen LogP contribution in [0.15, 0.2) is 42.5 Å². The van der Waals surface area contributed by atoms with E-state index in [2.05, 4.69) is 4.74 Å². The number of methoxy groups -OCH3 is 1. The van der Waals surface area contributed by atoms with Gasteiger partial charge in [0.25, 0.3) is 5.91 Å². The van der Waals surface area contributed by atoms with E-state index in [0.717, 1.165) is 12.0 Å². The summed E-state index contributed by atoms with van der Waals surface area (Å²) in [5, 5.41) is 0. The maximum atomic E-state index is 12.4. The third-order valence-corrected chi connectivity index (χ3v) is 4.43. The minimum atomic E-state index is -3.01. The number of esters is 1. The number of amides is 1. The second-order valence-electron chi connectivity index (χ2n) is 6.15. The number of hydrogen-bond donors (Lipinski definition) is 0. The van der Waals surface area contributed by atoms with Crippen LogP contribution in [-0.2, 0) is 22.5 Å². The average molecular weight is 391 g/mol. The number of benzene rings is 2. The molecule has 0 aliphatic carbocycles. The summed E-state index contributed by atoms with van der Waals surface area (Å²) >= 11 is 0. The molecule has 1 amide bonds. The van der Waals surface area contributed by atoms with Crippen molar-refractivity contribution in [2.24, 2.45) is 0 Å². The van der Waals surface area contributed by atoms with Crippen LogP contribution in [0.25, 0.3) is 0 Å². The number of hydrogen-bond acceptors (Lipinski definition) is 5. The van der Waals surface area contributed by atoms with Gasteiger partial charge in [-0.3, -0.25) is 4.79 Å². The summed E-state index contributed by atoms with van der Waals surface area (Å²) in [4.78, 5) is 26.2. The quantitative estimate of drug-likeness (QED) is 0.709. The van der Waals surface area contributed by atoms with E-state index in [-0.39, 0.29) is 23.0 Å². The number of ether oxygens (including phenoxy) is 3. The molecule has 0 unspecified atom stereocenters. The predicted octanol–water partition coefficient (Wildman–Crippen LogP) is 3.04. The summed E-state index contributed by atoms with van der Waals surface area (Å²) in [6, 6.07) is 11.6. The molecule has 148 valence electrons. The molecule has 0 bridgehead atoms. The SMILES string of the molecule is COc1cc(C(=O)OCC(=O)N2CCc3ccccc3C2)ccc1OC(F)F. The molecule has 0 N–H and O–H groups in total. The van der Waals surface area contributed by atoms with Gasteiger partial charge in [0.2, 0.25) is 0 Å². The zero-order valence-corrected chi connectivity index (χ0v) is 15.2. The smallest absolute Gasteiger partial charge is 0.387 e. The van der Waals surface area contributed by atoms with Crippen molar-refractivity contribution < 1.29 is 32.6 Å². The Kier molecular flexibility index (Phi) is 6.08. The minimum Gasteiger partial charge on any atom is -0.493 e. The van der Waals surface area contributed by atoms with Gasteiger partial charge in [0, 0.05) is 13.1 Å². The molecule has 1 aliphatic heterocycles. The van der Waals surface area contributed by atoms with Crippen molar-refractivity contribution >= 4 is 11.9 Å². The number of carbonyl (C=O) groups is 2. The van der Waals surface area contributed by atoms with Crippen LogP contribution in [-0.4, -0.2) is 43.6 Å². The molecule has 0 saturated heterocycles. The Morgan fingerprint density at radius 1 is 1.11 bits per heavy atom. The number of halogens is 2. The lowest BCUT2D eigenvalue weighted by Gasteiger charge is -2.28. The molecule has 2 aromatic carbocycles. The van der Waals surface area contributed by atoms with Crippen LogP contribution < -0.4 is 9.47 Å². The fourth-order valence-corrected chi connectivity index (χ4v) is 3.00. The summed E-state index contributed by atoms with van der Waals surface area (Å²) in [7, 11) is 1.26. The molecule has 8 heteroatoms. The lowest BCUT2D eigenvalue weighted by molar-refractivity contribution is -0.135. The first-order valence-electron chi connectivity index (χ1n) is 8.62. The fraction of sp³-hybridized carbons (Fsp3) is 0.300. The fourth-order valence-electron chi connectivity index (χ4n) is 3.00. The summed E-state index contributed by atoms with van der Waals surface area (Å²) < 4.78 is 39.1. The maximum Gasteiger partial charge on any atom is 0.387 e. The molecule has 0 fully saturated rings. The molecule has 0 aromatic heterocycles. The Balaban J connectivity index is 1.59. The van der Waals surface area contributed by atoms with Gasteiger partial charge >= 0.3 is 12.6 Å². The van der Waals surface area contributed by atoms with Crippen LogP contribution in [0, 0.1) is 0 Å². The third kappa shape index (κ3) is 4.57. The van der Waals surface area contributed by atoms with Crippen molar-refractivity contribution in [3.05, 3.63) is 59.2 Å². The van der Waals surface area contributed by atoms with Gasteiger partial charge in [-0.1, -0.05) is 24.3 Å². The minimum absolute atomic E-state index is 0.0336. The lowest BCUT2D eigenvalue weighted by Crippen LogP contribution is -2.38. The zero-order valence-electron chi connectivity index (χ0n) is 15.2. The maximum absolute atomic E-state index is 12.4. The number of carbonyl (C=O) groups excluding carboxylic acids is 2. The average Bonchev–Trinajstić information content (AvgIpc) is 2.71. The van der Waals surface area contributed by atoms with E-state index in [1.807, 2.05) is 24.3 Å². The molecular formula is C20H19F2NO5. The van der Waals surface area contributed by atoms with Gasteiger partial charge < -0.3 is 19.1 Å². The highest BCUT2D eigenvalue weighted by Gasteiger charge is 2.22. The Morgan fingerprint density at radius 3 is 2.57 bits per heavy atom. The molecule has 28 heavy (non-hydrogen) atoms. The topological polar surface area (TPSA) is 65.1 Å². The molecule has 1 heterocycles. The second kappa shape index (κ2) is 8.69. The molecule has 3 rings (SSSR count). The van der Waals surface area contributed by atoms with E-state index in [1.165, 1.54) is 30.9 Å². The largest absolute Gasteiger partial charge is 0.493 e. The highest BCUT2D eigenvalue weighted by molar-refractivity contribution is 5.92. The number of fused-ring (bicyclic) bond motifs is 1. The summed E-state index contributed by atoms with van der Waals surface area (Å²) in [5.74, 6) is -1.29. The van der Waals surface area contributed by atoms with Crippen molar-refractivity contribution in [1.82, 2.24) is 4.90 Å². The van der Waals surface area contributed by atoms with Gasteiger partial charge in [0.1, 0.15) is 0 Å². The lowest BCUT2D eigenvalue weighted by atomic mass is 10.00. The van der Waals surface area contributed by atoms with E-state index in [9.17, 15) is 18.4 Å². The van der Waals surface area contributed by atoms with Crippen molar-refractivity contribution in [2.45, 2.75) is 19.6 Å². The van der Waals surface area contributed by atoms with Gasteiger partial charge in [0.15, 0.2) is 18.1 Å². The molecule has 6 nitrogen and oxygen atoms in total. The Morgan fingerprint density at radius 2 is 1.86 bits per heavy atom. The van der Waals surface area contributed by atoms with Crippen LogP contribution in [0.1, 0.15) is 21.5 Å². The predicted molar refractivity (Wildman–Crippen MR) is 95.5 cm³/mol. The first kappa shape index (κ1) is 19.6. The summed E-state index contributed by atoms with van der Waals surface area (Å²) in [6.45, 7) is -2.39. The molecule has 1 aliphatic rings. The van der Waals surface area contributed by atoms with Gasteiger partial charge in [0.05, 0.1) is 12.7 Å². The highest BCUT2D eigenvalue weighted by Crippen LogP contribution is 2.29. The number of rotatable bonds is 6. The van der Waals surface area contributed by atoms with E-state index in [4.69, 9.17) is 9.47 Å². The van der Waals surface area contributed by atoms with Crippen molar-refractivity contribution in [3.8, 4) is 11.5 Å². The second-order valence-corrected chi connectivity index (χ2v) is 6.15. The Bertz CT molecular complexity index is 871. The van der Waals surface area contributed by atoms with Crippen LogP contribution in [0.4, 0.5) is 8.78 Å². The molecular weight excluding hydrogens is 372 g/mol. The van der Waals surface area contributed by atoms with E-state index in [0.29, 0.717) is 13.1 Å². The van der Waals surface area contributed by atoms with Crippen LogP contribution in [0.5, 0.6) is 11.5 Å². The Labute approximate surface area is 160 Å². The van der Waals surface area contributed by atoms with E-state index >= 15 is 0 Å². The number of nitrogens with zero attached hydrogens (tertiary/aromatic N) is 1. The standard InChI is InChI=1S/C20H19F2NO5/c1-26-17-10-14(6-7-16(17)28-20(21)22)19(25)27-12-18(24)23-9-8-13-4-2-3-5-15(13)11-23/h2-7,10,20H,8-9,11-12H2,1H3. The molecule has 0 saturated carbocycles. The Hall–Kier alpha value is -3.16.